The Kier molecular flexibility index (Phi) is 6.77. The van der Waals surface area contributed by atoms with Crippen LogP contribution in [0, 0.1) is 13.8 Å². The summed E-state index contributed by atoms with van der Waals surface area (Å²) in [6, 6.07) is 14.8. The first kappa shape index (κ1) is 21.4. The second-order valence-electron chi connectivity index (χ2n) is 7.52. The van der Waals surface area contributed by atoms with Gasteiger partial charge in [-0.2, -0.15) is 0 Å². The van der Waals surface area contributed by atoms with Crippen molar-refractivity contribution < 1.29 is 18.8 Å². The molecule has 0 spiro atoms. The molecule has 0 saturated carbocycles. The van der Waals surface area contributed by atoms with Crippen molar-refractivity contribution in [1.29, 1.82) is 0 Å². The highest BCUT2D eigenvalue weighted by atomic mass is 16.5. The molecule has 1 N–H and O–H groups in total. The summed E-state index contributed by atoms with van der Waals surface area (Å²) in [7, 11) is 0. The minimum absolute atomic E-state index is 0.0897. The van der Waals surface area contributed by atoms with Crippen LogP contribution in [0.25, 0.3) is 0 Å². The average molecular weight is 408 g/mol. The largest absolute Gasteiger partial charge is 0.491 e. The van der Waals surface area contributed by atoms with Crippen LogP contribution in [-0.4, -0.2) is 17.2 Å². The third-order valence-electron chi connectivity index (χ3n) is 4.76. The van der Waals surface area contributed by atoms with Gasteiger partial charge in [0.25, 0.3) is 5.91 Å². The smallest absolute Gasteiger partial charge is 0.255 e. The number of nitrogens with zero attached hydrogens (tertiary/aromatic N) is 1. The number of benzene rings is 2. The second kappa shape index (κ2) is 9.48. The highest BCUT2D eigenvalue weighted by Crippen LogP contribution is 2.24. The standard InChI is InChI=1S/C24H28N2O4/c1-15(2)29-20-10-8-9-19(13-20)16(3)25-24(27)21-11-6-7-12-23(21)28-14-22-17(4)26-30-18(22)5/h6-13,15-16H,14H2,1-5H3,(H,25,27). The monoisotopic (exact) mass is 408 g/mol. The van der Waals surface area contributed by atoms with Crippen molar-refractivity contribution in [2.75, 3.05) is 0 Å². The molecule has 1 unspecified atom stereocenters. The molecule has 30 heavy (non-hydrogen) atoms. The van der Waals surface area contributed by atoms with E-state index in [0.717, 1.165) is 22.6 Å². The van der Waals surface area contributed by atoms with E-state index in [0.29, 0.717) is 17.1 Å². The molecule has 0 aliphatic carbocycles. The molecule has 2 aromatic carbocycles. The van der Waals surface area contributed by atoms with Crippen LogP contribution in [0.3, 0.4) is 0 Å². The van der Waals surface area contributed by atoms with Crippen LogP contribution in [-0.2, 0) is 6.61 Å². The van der Waals surface area contributed by atoms with Crippen LogP contribution >= 0.6 is 0 Å². The van der Waals surface area contributed by atoms with Crippen molar-refractivity contribution in [3.05, 3.63) is 76.7 Å². The Labute approximate surface area is 177 Å². The van der Waals surface area contributed by atoms with Crippen LogP contribution in [0.1, 0.15) is 59.8 Å². The predicted molar refractivity (Wildman–Crippen MR) is 115 cm³/mol. The molecule has 6 heteroatoms. The Hall–Kier alpha value is -3.28. The molecule has 1 amide bonds. The lowest BCUT2D eigenvalue weighted by molar-refractivity contribution is 0.0935. The number of aryl methyl sites for hydroxylation is 2. The molecule has 158 valence electrons. The maximum atomic E-state index is 13.0. The first-order valence-corrected chi connectivity index (χ1v) is 10.1. The summed E-state index contributed by atoms with van der Waals surface area (Å²) >= 11 is 0. The van der Waals surface area contributed by atoms with Gasteiger partial charge in [-0.1, -0.05) is 29.4 Å². The van der Waals surface area contributed by atoms with Crippen molar-refractivity contribution in [3.63, 3.8) is 0 Å². The number of amides is 1. The fourth-order valence-corrected chi connectivity index (χ4v) is 3.13. The van der Waals surface area contributed by atoms with Gasteiger partial charge in [0.05, 0.1) is 29.0 Å². The molecule has 1 heterocycles. The van der Waals surface area contributed by atoms with Crippen LogP contribution in [0.5, 0.6) is 11.5 Å². The molecular weight excluding hydrogens is 380 g/mol. The molecule has 0 radical (unpaired) electrons. The van der Waals surface area contributed by atoms with Crippen LogP contribution < -0.4 is 14.8 Å². The van der Waals surface area contributed by atoms with E-state index >= 15 is 0 Å². The van der Waals surface area contributed by atoms with Crippen LogP contribution in [0.15, 0.2) is 53.1 Å². The number of aromatic nitrogens is 1. The summed E-state index contributed by atoms with van der Waals surface area (Å²) in [6.45, 7) is 9.91. The number of nitrogens with one attached hydrogen (secondary N) is 1. The molecule has 3 rings (SSSR count). The van der Waals surface area contributed by atoms with Gasteiger partial charge < -0.3 is 19.3 Å². The maximum absolute atomic E-state index is 13.0. The van der Waals surface area contributed by atoms with Gasteiger partial charge in [-0.25, -0.2) is 0 Å². The Morgan fingerprint density at radius 3 is 2.57 bits per heavy atom. The fraction of sp³-hybridized carbons (Fsp3) is 0.333. The normalized spacial score (nSPS) is 11.9. The molecule has 0 saturated heterocycles. The van der Waals surface area contributed by atoms with Gasteiger partial charge in [-0.05, 0) is 64.4 Å². The zero-order chi connectivity index (χ0) is 21.7. The minimum atomic E-state index is -0.202. The highest BCUT2D eigenvalue weighted by molar-refractivity contribution is 5.97. The molecule has 0 bridgehead atoms. The van der Waals surface area contributed by atoms with Gasteiger partial charge in [0.1, 0.15) is 23.9 Å². The van der Waals surface area contributed by atoms with Gasteiger partial charge in [-0.3, -0.25) is 4.79 Å². The number of ether oxygens (including phenoxy) is 2. The topological polar surface area (TPSA) is 73.6 Å². The summed E-state index contributed by atoms with van der Waals surface area (Å²) in [5.74, 6) is 1.81. The average Bonchev–Trinajstić information content (AvgIpc) is 3.03. The number of carbonyl (C=O) groups excluding carboxylic acids is 1. The molecule has 0 aliphatic rings. The highest BCUT2D eigenvalue weighted by Gasteiger charge is 2.17. The van der Waals surface area contributed by atoms with Crippen molar-refractivity contribution in [1.82, 2.24) is 10.5 Å². The summed E-state index contributed by atoms with van der Waals surface area (Å²) in [5, 5.41) is 6.98. The van der Waals surface area contributed by atoms with Gasteiger partial charge in [-0.15, -0.1) is 0 Å². The van der Waals surface area contributed by atoms with Crippen molar-refractivity contribution in [2.24, 2.45) is 0 Å². The number of hydrogen-bond acceptors (Lipinski definition) is 5. The third-order valence-corrected chi connectivity index (χ3v) is 4.76. The zero-order valence-electron chi connectivity index (χ0n) is 18.1. The van der Waals surface area contributed by atoms with Gasteiger partial charge in [0, 0.05) is 0 Å². The van der Waals surface area contributed by atoms with E-state index in [1.165, 1.54) is 0 Å². The Morgan fingerprint density at radius 1 is 1.10 bits per heavy atom. The van der Waals surface area contributed by atoms with E-state index in [9.17, 15) is 4.79 Å². The van der Waals surface area contributed by atoms with E-state index in [1.54, 1.807) is 12.1 Å². The minimum Gasteiger partial charge on any atom is -0.491 e. The number of para-hydroxylation sites is 1. The van der Waals surface area contributed by atoms with Gasteiger partial charge in [0.2, 0.25) is 0 Å². The van der Waals surface area contributed by atoms with Crippen molar-refractivity contribution >= 4 is 5.91 Å². The van der Waals surface area contributed by atoms with E-state index in [-0.39, 0.29) is 24.7 Å². The van der Waals surface area contributed by atoms with Crippen LogP contribution in [0.2, 0.25) is 0 Å². The first-order valence-electron chi connectivity index (χ1n) is 10.1. The maximum Gasteiger partial charge on any atom is 0.255 e. The SMILES string of the molecule is Cc1noc(C)c1COc1ccccc1C(=O)NC(C)c1cccc(OC(C)C)c1. The molecule has 0 aliphatic heterocycles. The lowest BCUT2D eigenvalue weighted by atomic mass is 10.1. The number of rotatable bonds is 8. The predicted octanol–water partition coefficient (Wildman–Crippen LogP) is 5.15. The molecule has 0 fully saturated rings. The Morgan fingerprint density at radius 2 is 1.87 bits per heavy atom. The Balaban J connectivity index is 1.71. The first-order chi connectivity index (χ1) is 14.3. The molecule has 6 nitrogen and oxygen atoms in total. The van der Waals surface area contributed by atoms with Crippen LogP contribution in [0.4, 0.5) is 0 Å². The zero-order valence-corrected chi connectivity index (χ0v) is 18.1. The third kappa shape index (κ3) is 5.20. The second-order valence-corrected chi connectivity index (χ2v) is 7.52. The van der Waals surface area contributed by atoms with E-state index in [1.807, 2.05) is 71.0 Å². The summed E-state index contributed by atoms with van der Waals surface area (Å²) in [4.78, 5) is 13.0. The molecular formula is C24H28N2O4. The number of hydrogen-bond donors (Lipinski definition) is 1. The summed E-state index contributed by atoms with van der Waals surface area (Å²) < 4.78 is 16.9. The quantitative estimate of drug-likeness (QED) is 0.558. The molecule has 3 aromatic rings. The summed E-state index contributed by atoms with van der Waals surface area (Å²) in [5.41, 5.74) is 3.12. The van der Waals surface area contributed by atoms with Crippen molar-refractivity contribution in [3.8, 4) is 11.5 Å². The lowest BCUT2D eigenvalue weighted by Crippen LogP contribution is -2.27. The van der Waals surface area contributed by atoms with Gasteiger partial charge in [0.15, 0.2) is 0 Å². The van der Waals surface area contributed by atoms with E-state index in [2.05, 4.69) is 10.5 Å². The Bertz CT molecular complexity index is 990. The van der Waals surface area contributed by atoms with Gasteiger partial charge >= 0.3 is 0 Å². The summed E-state index contributed by atoms with van der Waals surface area (Å²) in [6.07, 6.45) is 0.0897. The molecule has 1 atom stereocenters. The van der Waals surface area contributed by atoms with E-state index < -0.39 is 0 Å². The van der Waals surface area contributed by atoms with E-state index in [4.69, 9.17) is 14.0 Å². The van der Waals surface area contributed by atoms with Crippen molar-refractivity contribution in [2.45, 2.75) is 53.4 Å². The number of carbonyl (C=O) groups is 1. The molecule has 1 aromatic heterocycles. The lowest BCUT2D eigenvalue weighted by Gasteiger charge is -2.18. The fourth-order valence-electron chi connectivity index (χ4n) is 3.13.